The number of hydrogen-bond acceptors (Lipinski definition) is 3. The van der Waals surface area contributed by atoms with E-state index in [0.717, 1.165) is 17.1 Å². The summed E-state index contributed by atoms with van der Waals surface area (Å²) in [4.78, 5) is 13.0. The van der Waals surface area contributed by atoms with Gasteiger partial charge in [-0.15, -0.1) is 0 Å². The van der Waals surface area contributed by atoms with Crippen molar-refractivity contribution in [2.45, 2.75) is 32.4 Å². The Labute approximate surface area is 153 Å². The third kappa shape index (κ3) is 3.03. The third-order valence-corrected chi connectivity index (χ3v) is 4.38. The number of fused-ring (bicyclic) bond motifs is 3. The molecule has 0 radical (unpaired) electrons. The van der Waals surface area contributed by atoms with E-state index in [-0.39, 0.29) is 5.69 Å². The number of nitrogens with zero attached hydrogens (tertiary/aromatic N) is 4. The number of halogens is 3. The van der Waals surface area contributed by atoms with Crippen molar-refractivity contribution in [2.24, 2.45) is 0 Å². The Morgan fingerprint density at radius 2 is 1.70 bits per heavy atom. The van der Waals surface area contributed by atoms with Crippen molar-refractivity contribution in [3.63, 3.8) is 0 Å². The zero-order valence-corrected chi connectivity index (χ0v) is 15.0. The zero-order valence-electron chi connectivity index (χ0n) is 15.0. The molecule has 3 heterocycles. The van der Waals surface area contributed by atoms with Crippen molar-refractivity contribution in [1.29, 1.82) is 0 Å². The predicted molar refractivity (Wildman–Crippen MR) is 97.4 cm³/mol. The summed E-state index contributed by atoms with van der Waals surface area (Å²) >= 11 is 0. The normalized spacial score (nSPS) is 12.8. The minimum absolute atomic E-state index is 0.0198. The Bertz CT molecular complexity index is 1150. The fourth-order valence-electron chi connectivity index (χ4n) is 3.13. The minimum atomic E-state index is -4.49. The molecule has 0 saturated heterocycles. The highest BCUT2D eigenvalue weighted by Gasteiger charge is 2.37. The molecule has 4 nitrogen and oxygen atoms in total. The lowest BCUT2D eigenvalue weighted by Gasteiger charge is -2.23. The molecular formula is C20H17F3N4. The van der Waals surface area contributed by atoms with Crippen LogP contribution in [0.3, 0.4) is 0 Å². The molecule has 0 unspecified atom stereocenters. The van der Waals surface area contributed by atoms with Crippen LogP contribution in [0.2, 0.25) is 0 Å². The van der Waals surface area contributed by atoms with Gasteiger partial charge in [0.2, 0.25) is 5.78 Å². The summed E-state index contributed by atoms with van der Waals surface area (Å²) in [7, 11) is 0. The van der Waals surface area contributed by atoms with Crippen LogP contribution in [0.25, 0.3) is 28.1 Å². The summed E-state index contributed by atoms with van der Waals surface area (Å²) in [5.41, 5.74) is 0.944. The molecule has 0 aliphatic rings. The molecular weight excluding hydrogens is 353 g/mol. The van der Waals surface area contributed by atoms with Crippen LogP contribution in [-0.2, 0) is 11.6 Å². The van der Waals surface area contributed by atoms with E-state index in [1.165, 1.54) is 6.20 Å². The smallest absolute Gasteiger partial charge is 0.284 e. The van der Waals surface area contributed by atoms with Gasteiger partial charge < -0.3 is 0 Å². The maximum Gasteiger partial charge on any atom is 0.418 e. The van der Waals surface area contributed by atoms with Crippen molar-refractivity contribution in [3.8, 4) is 11.3 Å². The minimum Gasteiger partial charge on any atom is -0.284 e. The van der Waals surface area contributed by atoms with Crippen LogP contribution in [0.15, 0.2) is 48.8 Å². The zero-order chi connectivity index (χ0) is 19.4. The summed E-state index contributed by atoms with van der Waals surface area (Å²) in [6, 6.07) is 10.4. The maximum absolute atomic E-state index is 13.6. The number of pyridine rings is 1. The maximum atomic E-state index is 13.6. The van der Waals surface area contributed by atoms with Crippen molar-refractivity contribution < 1.29 is 13.2 Å². The van der Waals surface area contributed by atoms with Gasteiger partial charge in [-0.25, -0.2) is 9.97 Å². The highest BCUT2D eigenvalue weighted by atomic mass is 19.4. The standard InChI is InChI=1S/C20H17F3N4/c1-19(2,3)17-13(20(21,22)23)10-12(11-24-17)14-8-9-27-16-7-5-4-6-15(16)26-18(27)25-14/h4-11H,1-3H3. The van der Waals surface area contributed by atoms with Gasteiger partial charge in [0, 0.05) is 23.4 Å². The molecule has 0 saturated carbocycles. The van der Waals surface area contributed by atoms with Gasteiger partial charge in [0.1, 0.15) is 0 Å². The lowest BCUT2D eigenvalue weighted by molar-refractivity contribution is -0.139. The number of aromatic nitrogens is 4. The number of hydrogen-bond donors (Lipinski definition) is 0. The predicted octanol–water partition coefficient (Wildman–Crippen LogP) is 5.26. The van der Waals surface area contributed by atoms with Gasteiger partial charge in [0.15, 0.2) is 0 Å². The summed E-state index contributed by atoms with van der Waals surface area (Å²) in [5.74, 6) is 0.433. The average molecular weight is 370 g/mol. The first-order valence-corrected chi connectivity index (χ1v) is 8.46. The number of alkyl halides is 3. The van der Waals surface area contributed by atoms with E-state index in [2.05, 4.69) is 15.0 Å². The molecule has 4 aromatic rings. The Morgan fingerprint density at radius 3 is 2.41 bits per heavy atom. The molecule has 7 heteroatoms. The van der Waals surface area contributed by atoms with Crippen LogP contribution in [0.5, 0.6) is 0 Å². The van der Waals surface area contributed by atoms with Gasteiger partial charge in [-0.05, 0) is 24.3 Å². The van der Waals surface area contributed by atoms with Crippen LogP contribution >= 0.6 is 0 Å². The van der Waals surface area contributed by atoms with Crippen molar-refractivity contribution >= 4 is 16.8 Å². The fourth-order valence-corrected chi connectivity index (χ4v) is 3.13. The SMILES string of the molecule is CC(C)(C)c1ncc(-c2ccn3c(n2)nc2ccccc23)cc1C(F)(F)F. The van der Waals surface area contributed by atoms with E-state index in [1.807, 2.05) is 24.3 Å². The molecule has 0 fully saturated rings. The Kier molecular flexibility index (Phi) is 3.73. The van der Waals surface area contributed by atoms with Gasteiger partial charge in [-0.3, -0.25) is 9.38 Å². The number of para-hydroxylation sites is 2. The Balaban J connectivity index is 1.89. The first kappa shape index (κ1) is 17.5. The van der Waals surface area contributed by atoms with E-state index in [1.54, 1.807) is 37.4 Å². The van der Waals surface area contributed by atoms with Crippen molar-refractivity contribution in [1.82, 2.24) is 19.4 Å². The quantitative estimate of drug-likeness (QED) is 0.459. The van der Waals surface area contributed by atoms with Crippen LogP contribution in [0.4, 0.5) is 13.2 Å². The van der Waals surface area contributed by atoms with Crippen molar-refractivity contribution in [3.05, 3.63) is 60.0 Å². The van der Waals surface area contributed by atoms with E-state index in [0.29, 0.717) is 17.0 Å². The molecule has 1 aromatic carbocycles. The van der Waals surface area contributed by atoms with E-state index in [4.69, 9.17) is 0 Å². The summed E-state index contributed by atoms with van der Waals surface area (Å²) in [6.07, 6.45) is -1.28. The highest BCUT2D eigenvalue weighted by Crippen LogP contribution is 2.38. The molecule has 0 amide bonds. The van der Waals surface area contributed by atoms with Gasteiger partial charge in [-0.2, -0.15) is 13.2 Å². The molecule has 0 aliphatic heterocycles. The Hall–Kier alpha value is -2.96. The van der Waals surface area contributed by atoms with Gasteiger partial charge >= 0.3 is 6.18 Å². The molecule has 138 valence electrons. The molecule has 0 aliphatic carbocycles. The number of imidazole rings is 1. The van der Waals surface area contributed by atoms with Gasteiger partial charge in [0.05, 0.1) is 28.0 Å². The average Bonchev–Trinajstić information content (AvgIpc) is 2.97. The lowest BCUT2D eigenvalue weighted by atomic mass is 9.87. The van der Waals surface area contributed by atoms with Crippen LogP contribution in [-0.4, -0.2) is 19.4 Å². The summed E-state index contributed by atoms with van der Waals surface area (Å²) < 4.78 is 42.6. The second-order valence-corrected chi connectivity index (χ2v) is 7.45. The molecule has 4 rings (SSSR count). The van der Waals surface area contributed by atoms with E-state index >= 15 is 0 Å². The van der Waals surface area contributed by atoms with E-state index < -0.39 is 17.2 Å². The highest BCUT2D eigenvalue weighted by molar-refractivity contribution is 5.80. The second-order valence-electron chi connectivity index (χ2n) is 7.45. The topological polar surface area (TPSA) is 43.1 Å². The third-order valence-electron chi connectivity index (χ3n) is 4.38. The van der Waals surface area contributed by atoms with E-state index in [9.17, 15) is 13.2 Å². The first-order valence-electron chi connectivity index (χ1n) is 8.46. The summed E-state index contributed by atoms with van der Waals surface area (Å²) in [6.45, 7) is 5.14. The number of benzene rings is 1. The molecule has 3 aromatic heterocycles. The van der Waals surface area contributed by atoms with Gasteiger partial charge in [-0.1, -0.05) is 32.9 Å². The molecule has 0 atom stereocenters. The second kappa shape index (κ2) is 5.77. The van der Waals surface area contributed by atoms with Gasteiger partial charge in [0.25, 0.3) is 0 Å². The van der Waals surface area contributed by atoms with Crippen LogP contribution in [0.1, 0.15) is 32.0 Å². The molecule has 0 bridgehead atoms. The monoisotopic (exact) mass is 370 g/mol. The van der Waals surface area contributed by atoms with Crippen LogP contribution < -0.4 is 0 Å². The molecule has 0 N–H and O–H groups in total. The fraction of sp³-hybridized carbons (Fsp3) is 0.250. The Morgan fingerprint density at radius 1 is 0.963 bits per heavy atom. The summed E-state index contributed by atoms with van der Waals surface area (Å²) in [5, 5.41) is 0. The first-order chi connectivity index (χ1) is 12.6. The van der Waals surface area contributed by atoms with Crippen molar-refractivity contribution in [2.75, 3.05) is 0 Å². The largest absolute Gasteiger partial charge is 0.418 e. The lowest BCUT2D eigenvalue weighted by Crippen LogP contribution is -2.21. The molecule has 0 spiro atoms. The molecule has 27 heavy (non-hydrogen) atoms. The number of rotatable bonds is 1. The van der Waals surface area contributed by atoms with Crippen LogP contribution in [0, 0.1) is 0 Å².